The highest BCUT2D eigenvalue weighted by molar-refractivity contribution is 6.27. The topological polar surface area (TPSA) is 81.1 Å². The highest BCUT2D eigenvalue weighted by Gasteiger charge is 2.36. The zero-order valence-corrected chi connectivity index (χ0v) is 22.3. The molecule has 2 saturated heterocycles. The summed E-state index contributed by atoms with van der Waals surface area (Å²) in [6.45, 7) is 8.52. The molecular formula is C28H34F6N2O4. The Kier molecular flexibility index (Phi) is 12.9. The molecule has 2 atom stereocenters. The first-order valence-electron chi connectivity index (χ1n) is 13.0. The van der Waals surface area contributed by atoms with Crippen LogP contribution in [0.2, 0.25) is 0 Å². The molecular weight excluding hydrogens is 542 g/mol. The van der Waals surface area contributed by atoms with Crippen LogP contribution in [0.25, 0.3) is 0 Å². The van der Waals surface area contributed by atoms with Gasteiger partial charge < -0.3 is 20.0 Å². The molecule has 2 aromatic carbocycles. The second-order valence-corrected chi connectivity index (χ2v) is 9.74. The molecule has 0 spiro atoms. The van der Waals surface area contributed by atoms with Crippen LogP contribution in [0.5, 0.6) is 0 Å². The third-order valence-electron chi connectivity index (χ3n) is 6.62. The van der Waals surface area contributed by atoms with Crippen LogP contribution < -0.4 is 0 Å². The van der Waals surface area contributed by atoms with Gasteiger partial charge in [0.2, 0.25) is 0 Å². The summed E-state index contributed by atoms with van der Waals surface area (Å²) in [5, 5.41) is 14.8. The molecule has 6 nitrogen and oxygen atoms in total. The summed E-state index contributed by atoms with van der Waals surface area (Å²) in [6, 6.07) is 7.37. The van der Waals surface area contributed by atoms with Crippen LogP contribution in [0.15, 0.2) is 36.4 Å². The third kappa shape index (κ3) is 8.95. The fraction of sp³-hybridized carbons (Fsp3) is 0.500. The number of carboxylic acid groups (broad SMARTS) is 2. The number of carbonyl (C=O) groups is 2. The lowest BCUT2D eigenvalue weighted by Gasteiger charge is -2.40. The average Bonchev–Trinajstić information content (AvgIpc) is 2.86. The zero-order valence-electron chi connectivity index (χ0n) is 22.3. The Morgan fingerprint density at radius 1 is 0.725 bits per heavy atom. The molecule has 40 heavy (non-hydrogen) atoms. The van der Waals surface area contributed by atoms with Crippen LogP contribution in [0.1, 0.15) is 50.2 Å². The van der Waals surface area contributed by atoms with Gasteiger partial charge in [0.15, 0.2) is 23.3 Å². The van der Waals surface area contributed by atoms with Crippen molar-refractivity contribution < 1.29 is 46.1 Å². The Labute approximate surface area is 229 Å². The fourth-order valence-corrected chi connectivity index (χ4v) is 4.56. The maximum atomic E-state index is 14.0. The quantitative estimate of drug-likeness (QED) is 0.306. The number of nitrogens with zero attached hydrogens (tertiary/aromatic N) is 2. The highest BCUT2D eigenvalue weighted by Crippen LogP contribution is 2.36. The molecule has 4 rings (SSSR count). The van der Waals surface area contributed by atoms with Gasteiger partial charge in [-0.05, 0) is 38.1 Å². The number of likely N-dealkylation sites (tertiary alicyclic amines) is 2. The van der Waals surface area contributed by atoms with E-state index < -0.39 is 47.6 Å². The highest BCUT2D eigenvalue weighted by atomic mass is 19.2. The molecule has 2 fully saturated rings. The van der Waals surface area contributed by atoms with Crippen molar-refractivity contribution in [3.05, 3.63) is 70.8 Å². The van der Waals surface area contributed by atoms with Gasteiger partial charge in [-0.3, -0.25) is 0 Å². The van der Waals surface area contributed by atoms with Gasteiger partial charge in [-0.1, -0.05) is 38.1 Å². The van der Waals surface area contributed by atoms with E-state index in [1.807, 2.05) is 0 Å². The number of aliphatic carboxylic acids is 2. The molecule has 0 saturated carbocycles. The number of halogens is 6. The largest absolute Gasteiger partial charge is 0.473 e. The van der Waals surface area contributed by atoms with Crippen molar-refractivity contribution in [2.75, 3.05) is 39.3 Å². The van der Waals surface area contributed by atoms with E-state index in [1.165, 1.54) is 24.3 Å². The molecule has 2 aliphatic heterocycles. The molecule has 2 N–H and O–H groups in total. The lowest BCUT2D eigenvalue weighted by Crippen LogP contribution is -2.48. The average molecular weight is 577 g/mol. The van der Waals surface area contributed by atoms with Crippen molar-refractivity contribution in [3.8, 4) is 0 Å². The molecule has 2 unspecified atom stereocenters. The molecule has 12 heteroatoms. The molecule has 0 radical (unpaired) electrons. The van der Waals surface area contributed by atoms with E-state index in [4.69, 9.17) is 19.8 Å². The van der Waals surface area contributed by atoms with Gasteiger partial charge in [-0.2, -0.15) is 0 Å². The minimum Gasteiger partial charge on any atom is -0.473 e. The van der Waals surface area contributed by atoms with Gasteiger partial charge in [0.05, 0.1) is 0 Å². The lowest BCUT2D eigenvalue weighted by atomic mass is 9.90. The second-order valence-electron chi connectivity index (χ2n) is 9.74. The van der Waals surface area contributed by atoms with E-state index in [0.29, 0.717) is 26.2 Å². The normalized spacial score (nSPS) is 17.3. The summed E-state index contributed by atoms with van der Waals surface area (Å²) in [7, 11) is 0. The van der Waals surface area contributed by atoms with Gasteiger partial charge in [0, 0.05) is 49.1 Å². The molecule has 2 aromatic rings. The smallest absolute Gasteiger partial charge is 0.414 e. The summed E-state index contributed by atoms with van der Waals surface area (Å²) < 4.78 is 80.7. The number of benzene rings is 2. The predicted molar refractivity (Wildman–Crippen MR) is 136 cm³/mol. The molecule has 0 aromatic heterocycles. The van der Waals surface area contributed by atoms with Crippen molar-refractivity contribution in [3.63, 3.8) is 0 Å². The van der Waals surface area contributed by atoms with Crippen molar-refractivity contribution in [1.29, 1.82) is 0 Å². The number of hydrogen-bond donors (Lipinski definition) is 2. The van der Waals surface area contributed by atoms with Crippen LogP contribution in [-0.2, 0) is 9.59 Å². The Morgan fingerprint density at radius 3 is 1.32 bits per heavy atom. The summed E-state index contributed by atoms with van der Waals surface area (Å²) in [4.78, 5) is 22.4. The van der Waals surface area contributed by atoms with E-state index >= 15 is 0 Å². The van der Waals surface area contributed by atoms with Crippen LogP contribution >= 0.6 is 0 Å². The molecule has 0 amide bonds. The second kappa shape index (κ2) is 15.6. The Balaban J connectivity index is 0.000000234. The third-order valence-corrected chi connectivity index (χ3v) is 6.62. The van der Waals surface area contributed by atoms with Gasteiger partial charge in [0.25, 0.3) is 0 Å². The summed E-state index contributed by atoms with van der Waals surface area (Å²) in [6.07, 6.45) is -0.756. The summed E-state index contributed by atoms with van der Waals surface area (Å²) >= 11 is 0. The van der Waals surface area contributed by atoms with Crippen molar-refractivity contribution in [2.45, 2.75) is 39.0 Å². The minimum absolute atomic E-state index is 0.147. The fourth-order valence-electron chi connectivity index (χ4n) is 4.56. The van der Waals surface area contributed by atoms with E-state index in [9.17, 15) is 26.3 Å². The molecule has 2 aliphatic rings. The zero-order chi connectivity index (χ0) is 30.0. The maximum Gasteiger partial charge on any atom is 0.414 e. The molecule has 222 valence electrons. The number of rotatable bonds is 8. The first kappa shape index (κ1) is 33.1. The lowest BCUT2D eigenvalue weighted by molar-refractivity contribution is -0.159. The SMILES string of the molecule is CCCN1CC(C(F)c2cccc(F)c2F)C1.CCCN1CC(C(F)c2cccc(F)c2F)C1.O=C(O)C(=O)O. The summed E-state index contributed by atoms with van der Waals surface area (Å²) in [5.41, 5.74) is -0.294. The van der Waals surface area contributed by atoms with Gasteiger partial charge in [0.1, 0.15) is 12.3 Å². The molecule has 0 bridgehead atoms. The number of alkyl halides is 2. The first-order chi connectivity index (χ1) is 18.9. The van der Waals surface area contributed by atoms with E-state index in [2.05, 4.69) is 23.6 Å². The number of carboxylic acids is 2. The van der Waals surface area contributed by atoms with E-state index in [1.54, 1.807) is 0 Å². The summed E-state index contributed by atoms with van der Waals surface area (Å²) in [5.74, 6) is -8.12. The van der Waals surface area contributed by atoms with E-state index in [-0.39, 0.29) is 23.0 Å². The van der Waals surface area contributed by atoms with Gasteiger partial charge >= 0.3 is 11.9 Å². The monoisotopic (exact) mass is 576 g/mol. The standard InChI is InChI=1S/2C13H16F3N.C2H2O4/c2*1-2-6-17-7-9(8-17)12(15)10-4-3-5-11(14)13(10)16;3-1(4)2(5)6/h2*3-5,9,12H,2,6-8H2,1H3;(H,3,4)(H,5,6). The van der Waals surface area contributed by atoms with Crippen molar-refractivity contribution >= 4 is 11.9 Å². The Morgan fingerprint density at radius 2 is 1.05 bits per heavy atom. The Hall–Kier alpha value is -3.12. The maximum absolute atomic E-state index is 14.0. The van der Waals surface area contributed by atoms with E-state index in [0.717, 1.165) is 38.1 Å². The van der Waals surface area contributed by atoms with Crippen LogP contribution in [0, 0.1) is 35.1 Å². The first-order valence-corrected chi connectivity index (χ1v) is 13.0. The molecule has 2 heterocycles. The van der Waals surface area contributed by atoms with Gasteiger partial charge in [-0.15, -0.1) is 0 Å². The van der Waals surface area contributed by atoms with Crippen LogP contribution in [0.3, 0.4) is 0 Å². The number of hydrogen-bond acceptors (Lipinski definition) is 4. The minimum atomic E-state index is -1.82. The van der Waals surface area contributed by atoms with Gasteiger partial charge in [-0.25, -0.2) is 35.9 Å². The van der Waals surface area contributed by atoms with Crippen LogP contribution in [-0.4, -0.2) is 71.2 Å². The van der Waals surface area contributed by atoms with Crippen molar-refractivity contribution in [2.24, 2.45) is 11.8 Å². The van der Waals surface area contributed by atoms with Crippen molar-refractivity contribution in [1.82, 2.24) is 9.80 Å². The predicted octanol–water partition coefficient (Wildman–Crippen LogP) is 5.79. The molecule has 0 aliphatic carbocycles. The Bertz CT molecular complexity index is 1040. The van der Waals surface area contributed by atoms with Crippen LogP contribution in [0.4, 0.5) is 26.3 Å².